The summed E-state index contributed by atoms with van der Waals surface area (Å²) < 4.78 is 5.15. The van der Waals surface area contributed by atoms with Gasteiger partial charge < -0.3 is 4.42 Å². The van der Waals surface area contributed by atoms with Crippen molar-refractivity contribution in [2.75, 3.05) is 0 Å². The lowest BCUT2D eigenvalue weighted by atomic mass is 9.66. The van der Waals surface area contributed by atoms with Crippen LogP contribution in [-0.4, -0.2) is 5.38 Å². The van der Waals surface area contributed by atoms with Gasteiger partial charge in [0, 0.05) is 5.38 Å². The Bertz CT molecular complexity index is 289. The van der Waals surface area contributed by atoms with Crippen LogP contribution in [0.3, 0.4) is 0 Å². The van der Waals surface area contributed by atoms with E-state index in [0.29, 0.717) is 16.7 Å². The Kier molecular flexibility index (Phi) is 2.61. The lowest BCUT2D eigenvalue weighted by Crippen LogP contribution is -2.30. The zero-order chi connectivity index (χ0) is 10.2. The normalized spacial score (nSPS) is 31.6. The predicted molar refractivity (Wildman–Crippen MR) is 58.7 cm³/mol. The average Bonchev–Trinajstić information content (AvgIpc) is 2.62. The standard InChI is InChI=1S/C12H17ClO/c1-12(2)5-3-10(13)7-11(12)9-4-6-14-8-9/h4,6,8,10-11H,3,5,7H2,1-2H3. The highest BCUT2D eigenvalue weighted by Gasteiger charge is 2.37. The number of hydrogen-bond donors (Lipinski definition) is 0. The van der Waals surface area contributed by atoms with Gasteiger partial charge in [-0.1, -0.05) is 13.8 Å². The Balaban J connectivity index is 2.22. The lowest BCUT2D eigenvalue weighted by molar-refractivity contribution is 0.202. The molecular weight excluding hydrogens is 196 g/mol. The van der Waals surface area contributed by atoms with E-state index in [0.717, 1.165) is 12.8 Å². The monoisotopic (exact) mass is 212 g/mol. The molecule has 1 nitrogen and oxygen atoms in total. The summed E-state index contributed by atoms with van der Waals surface area (Å²) in [6.07, 6.45) is 7.04. The van der Waals surface area contributed by atoms with E-state index in [1.165, 1.54) is 12.0 Å². The highest BCUT2D eigenvalue weighted by atomic mass is 35.5. The van der Waals surface area contributed by atoms with Crippen LogP contribution in [0.2, 0.25) is 0 Å². The highest BCUT2D eigenvalue weighted by Crippen LogP contribution is 2.48. The van der Waals surface area contributed by atoms with E-state index < -0.39 is 0 Å². The molecule has 0 aromatic carbocycles. The van der Waals surface area contributed by atoms with Crippen molar-refractivity contribution in [2.45, 2.75) is 44.4 Å². The van der Waals surface area contributed by atoms with Crippen molar-refractivity contribution in [2.24, 2.45) is 5.41 Å². The topological polar surface area (TPSA) is 13.1 Å². The van der Waals surface area contributed by atoms with Gasteiger partial charge in [0.25, 0.3) is 0 Å². The van der Waals surface area contributed by atoms with E-state index >= 15 is 0 Å². The molecule has 1 fully saturated rings. The fourth-order valence-electron chi connectivity index (χ4n) is 2.46. The third-order valence-electron chi connectivity index (χ3n) is 3.48. The molecule has 0 radical (unpaired) electrons. The van der Waals surface area contributed by atoms with Crippen LogP contribution in [-0.2, 0) is 0 Å². The molecule has 78 valence electrons. The minimum absolute atomic E-state index is 0.336. The van der Waals surface area contributed by atoms with Gasteiger partial charge in [0.15, 0.2) is 0 Å². The van der Waals surface area contributed by atoms with Crippen molar-refractivity contribution in [3.63, 3.8) is 0 Å². The molecular formula is C12H17ClO. The van der Waals surface area contributed by atoms with Gasteiger partial charge in [-0.2, -0.15) is 0 Å². The molecule has 0 saturated heterocycles. The molecule has 1 saturated carbocycles. The summed E-state index contributed by atoms with van der Waals surface area (Å²) in [7, 11) is 0. The molecule has 0 bridgehead atoms. The van der Waals surface area contributed by atoms with Crippen LogP contribution >= 0.6 is 11.6 Å². The van der Waals surface area contributed by atoms with E-state index in [9.17, 15) is 0 Å². The van der Waals surface area contributed by atoms with E-state index in [4.69, 9.17) is 16.0 Å². The van der Waals surface area contributed by atoms with Crippen LogP contribution in [0.5, 0.6) is 0 Å². The largest absolute Gasteiger partial charge is 0.472 e. The number of rotatable bonds is 1. The van der Waals surface area contributed by atoms with E-state index in [2.05, 4.69) is 19.9 Å². The van der Waals surface area contributed by atoms with Crippen LogP contribution in [0.4, 0.5) is 0 Å². The molecule has 0 aliphatic heterocycles. The van der Waals surface area contributed by atoms with Crippen molar-refractivity contribution in [3.05, 3.63) is 24.2 Å². The van der Waals surface area contributed by atoms with Crippen molar-refractivity contribution < 1.29 is 4.42 Å². The maximum atomic E-state index is 6.22. The van der Waals surface area contributed by atoms with Crippen molar-refractivity contribution >= 4 is 11.6 Å². The van der Waals surface area contributed by atoms with E-state index in [1.54, 1.807) is 6.26 Å². The smallest absolute Gasteiger partial charge is 0.0937 e. The minimum atomic E-state index is 0.336. The van der Waals surface area contributed by atoms with Gasteiger partial charge in [-0.05, 0) is 42.2 Å². The zero-order valence-electron chi connectivity index (χ0n) is 8.79. The summed E-state index contributed by atoms with van der Waals surface area (Å²) >= 11 is 6.22. The van der Waals surface area contributed by atoms with Crippen molar-refractivity contribution in [3.8, 4) is 0 Å². The molecule has 2 rings (SSSR count). The maximum Gasteiger partial charge on any atom is 0.0937 e. The first-order chi connectivity index (χ1) is 6.59. The van der Waals surface area contributed by atoms with Gasteiger partial charge in [0.2, 0.25) is 0 Å². The quantitative estimate of drug-likeness (QED) is 0.637. The molecule has 2 heteroatoms. The second kappa shape index (κ2) is 3.62. The summed E-state index contributed by atoms with van der Waals surface area (Å²) in [6.45, 7) is 4.65. The third-order valence-corrected chi connectivity index (χ3v) is 3.88. The van der Waals surface area contributed by atoms with Crippen LogP contribution in [0.1, 0.15) is 44.6 Å². The van der Waals surface area contributed by atoms with Gasteiger partial charge in [-0.15, -0.1) is 11.6 Å². The summed E-state index contributed by atoms with van der Waals surface area (Å²) in [5, 5.41) is 0.336. The zero-order valence-corrected chi connectivity index (χ0v) is 9.55. The van der Waals surface area contributed by atoms with Gasteiger partial charge in [-0.25, -0.2) is 0 Å². The highest BCUT2D eigenvalue weighted by molar-refractivity contribution is 6.20. The molecule has 0 amide bonds. The molecule has 2 atom stereocenters. The minimum Gasteiger partial charge on any atom is -0.472 e. The molecule has 0 N–H and O–H groups in total. The predicted octanol–water partition coefficient (Wildman–Crippen LogP) is 4.18. The number of hydrogen-bond acceptors (Lipinski definition) is 1. The van der Waals surface area contributed by atoms with Gasteiger partial charge in [0.1, 0.15) is 0 Å². The second-order valence-corrected chi connectivity index (χ2v) is 5.59. The Hall–Kier alpha value is -0.430. The summed E-state index contributed by atoms with van der Waals surface area (Å²) in [4.78, 5) is 0. The van der Waals surface area contributed by atoms with Crippen molar-refractivity contribution in [1.29, 1.82) is 0 Å². The first-order valence-corrected chi connectivity index (χ1v) is 5.69. The number of halogens is 1. The molecule has 1 heterocycles. The Morgan fingerprint density at radius 2 is 2.29 bits per heavy atom. The van der Waals surface area contributed by atoms with Crippen LogP contribution in [0.15, 0.2) is 23.0 Å². The van der Waals surface area contributed by atoms with Gasteiger partial charge in [-0.3, -0.25) is 0 Å². The Morgan fingerprint density at radius 3 is 2.93 bits per heavy atom. The maximum absolute atomic E-state index is 6.22. The number of alkyl halides is 1. The fourth-order valence-corrected chi connectivity index (χ4v) is 2.74. The molecule has 1 aromatic heterocycles. The molecule has 1 aromatic rings. The number of furan rings is 1. The van der Waals surface area contributed by atoms with Crippen LogP contribution in [0.25, 0.3) is 0 Å². The first-order valence-electron chi connectivity index (χ1n) is 5.26. The van der Waals surface area contributed by atoms with E-state index in [-0.39, 0.29) is 0 Å². The van der Waals surface area contributed by atoms with Gasteiger partial charge in [0.05, 0.1) is 12.5 Å². The summed E-state index contributed by atoms with van der Waals surface area (Å²) in [6, 6.07) is 2.07. The third kappa shape index (κ3) is 1.83. The van der Waals surface area contributed by atoms with Gasteiger partial charge >= 0.3 is 0 Å². The lowest BCUT2D eigenvalue weighted by Gasteiger charge is -2.40. The Morgan fingerprint density at radius 1 is 1.50 bits per heavy atom. The first kappa shape index (κ1) is 10.1. The average molecular weight is 213 g/mol. The summed E-state index contributed by atoms with van der Waals surface area (Å²) in [5.41, 5.74) is 1.66. The molecule has 1 aliphatic carbocycles. The van der Waals surface area contributed by atoms with Crippen LogP contribution in [0, 0.1) is 5.41 Å². The second-order valence-electron chi connectivity index (χ2n) is 4.97. The van der Waals surface area contributed by atoms with E-state index in [1.807, 2.05) is 6.26 Å². The fraction of sp³-hybridized carbons (Fsp3) is 0.667. The Labute approximate surface area is 90.4 Å². The molecule has 0 spiro atoms. The van der Waals surface area contributed by atoms with Crippen molar-refractivity contribution in [1.82, 2.24) is 0 Å². The van der Waals surface area contributed by atoms with Crippen LogP contribution < -0.4 is 0 Å². The molecule has 1 aliphatic rings. The molecule has 2 unspecified atom stereocenters. The summed E-state index contributed by atoms with van der Waals surface area (Å²) in [5.74, 6) is 0.553. The SMILES string of the molecule is CC1(C)CCC(Cl)CC1c1ccoc1. The molecule has 14 heavy (non-hydrogen) atoms.